The number of carbonyl (C=O) groups is 12. The minimum atomic E-state index is -1.11. The lowest BCUT2D eigenvalue weighted by Crippen LogP contribution is -2.54. The van der Waals surface area contributed by atoms with Crippen LogP contribution in [0.3, 0.4) is 0 Å². The zero-order chi connectivity index (χ0) is 76.4. The van der Waals surface area contributed by atoms with E-state index in [0.29, 0.717) is 53.3 Å². The number of aromatic nitrogens is 6. The highest BCUT2D eigenvalue weighted by Gasteiger charge is 2.48. The number of halogens is 2. The molecule has 552 valence electrons. The predicted molar refractivity (Wildman–Crippen MR) is 398 cm³/mol. The van der Waals surface area contributed by atoms with Crippen molar-refractivity contribution in [1.82, 2.24) is 55.3 Å². The molecule has 4 atom stereocenters. The maximum atomic E-state index is 13.3. The van der Waals surface area contributed by atoms with E-state index in [4.69, 9.17) is 33.2 Å². The average molecular weight is 1530 g/mol. The normalized spacial score (nSPS) is 17.6. The molecular weight excluding hydrogens is 1450 g/mol. The molecule has 10 heterocycles. The number of unbranched alkanes of at least 4 members (excludes halogenated alkanes) is 3. The molecule has 8 aromatic rings. The zero-order valence-corrected chi connectivity index (χ0v) is 62.3. The van der Waals surface area contributed by atoms with Crippen molar-refractivity contribution < 1.29 is 62.6 Å². The van der Waals surface area contributed by atoms with Crippen molar-refractivity contribution in [2.75, 3.05) is 17.2 Å². The molecule has 4 aromatic heterocycles. The first kappa shape index (κ1) is 75.6. The quantitative estimate of drug-likeness (QED) is 0.0323. The third-order valence-corrected chi connectivity index (χ3v) is 22.0. The molecule has 0 saturated carbocycles. The van der Waals surface area contributed by atoms with Gasteiger partial charge in [-0.2, -0.15) is 0 Å². The van der Waals surface area contributed by atoms with Crippen molar-refractivity contribution in [2.45, 2.75) is 156 Å². The Morgan fingerprint density at radius 2 is 0.944 bits per heavy atom. The summed E-state index contributed by atoms with van der Waals surface area (Å²) in [5, 5.41) is 42.5. The Balaban J connectivity index is 0.000000166. The lowest BCUT2D eigenvalue weighted by molar-refractivity contribution is -0.138. The molecule has 11 amide bonds. The summed E-state index contributed by atoms with van der Waals surface area (Å²) in [6.07, 6.45) is 4.10. The van der Waals surface area contributed by atoms with Gasteiger partial charge in [0, 0.05) is 74.3 Å². The third kappa shape index (κ3) is 15.5. The number of aliphatic carboxylic acids is 1. The van der Waals surface area contributed by atoms with Crippen LogP contribution in [0.1, 0.15) is 210 Å². The lowest BCUT2D eigenvalue weighted by atomic mass is 9.99. The molecule has 0 aliphatic carbocycles. The van der Waals surface area contributed by atoms with Gasteiger partial charge in [0.1, 0.15) is 45.8 Å². The summed E-state index contributed by atoms with van der Waals surface area (Å²) in [7, 11) is 0. The maximum absolute atomic E-state index is 13.3. The van der Waals surface area contributed by atoms with E-state index in [-0.39, 0.29) is 96.3 Å². The molecule has 28 nitrogen and oxygen atoms in total. The fraction of sp³-hybridized carbons (Fsp3) is 0.333. The van der Waals surface area contributed by atoms with Gasteiger partial charge >= 0.3 is 5.97 Å². The number of nitrogens with one attached hydrogen (secondary N) is 5. The molecule has 2 saturated heterocycles. The number of aliphatic imine (C=N–C) groups is 2. The molecule has 14 rings (SSSR count). The van der Waals surface area contributed by atoms with E-state index >= 15 is 0 Å². The van der Waals surface area contributed by atoms with Crippen LogP contribution in [0.25, 0.3) is 10.0 Å². The number of imide groups is 4. The second-order valence-corrected chi connectivity index (χ2v) is 29.6. The molecule has 32 heteroatoms. The van der Waals surface area contributed by atoms with Crippen molar-refractivity contribution in [2.24, 2.45) is 9.98 Å². The molecule has 0 bridgehead atoms. The molecule has 0 radical (unpaired) electrons. The van der Waals surface area contributed by atoms with Gasteiger partial charge in [-0.15, -0.1) is 43.1 Å². The van der Waals surface area contributed by atoms with Crippen LogP contribution < -0.4 is 26.6 Å². The van der Waals surface area contributed by atoms with E-state index in [0.717, 1.165) is 94.6 Å². The number of amides is 11. The molecule has 4 aromatic carbocycles. The highest BCUT2D eigenvalue weighted by molar-refractivity contribution is 7.15. The van der Waals surface area contributed by atoms with Gasteiger partial charge in [-0.3, -0.25) is 97.1 Å². The first-order valence-electron chi connectivity index (χ1n) is 34.7. The van der Waals surface area contributed by atoms with Gasteiger partial charge in [0.25, 0.3) is 23.6 Å². The molecule has 6 aliphatic rings. The number of rotatable bonds is 19. The van der Waals surface area contributed by atoms with E-state index < -0.39 is 77.4 Å². The van der Waals surface area contributed by atoms with Crippen molar-refractivity contribution in [1.29, 1.82) is 0 Å². The minimum absolute atomic E-state index is 0.00582. The summed E-state index contributed by atoms with van der Waals surface area (Å²) in [5.74, 6) is -4.04. The molecular formula is C75H73Cl2N15O13S2. The van der Waals surface area contributed by atoms with Gasteiger partial charge in [0.2, 0.25) is 41.4 Å². The third-order valence-electron chi connectivity index (χ3n) is 19.1. The summed E-state index contributed by atoms with van der Waals surface area (Å²) in [5.41, 5.74) is 8.24. The molecule has 0 spiro atoms. The highest BCUT2D eigenvalue weighted by Crippen LogP contribution is 2.43. The largest absolute Gasteiger partial charge is 0.481 e. The zero-order valence-electron chi connectivity index (χ0n) is 59.2. The first-order chi connectivity index (χ1) is 51.2. The Hall–Kier alpha value is -11.1. The topological polar surface area (TPSA) is 378 Å². The number of thiophene rings is 2. The smallest absolute Gasteiger partial charge is 0.306 e. The Labute approximate surface area is 630 Å². The molecule has 6 N–H and O–H groups in total. The number of hydrogen-bond donors (Lipinski definition) is 6. The minimum Gasteiger partial charge on any atom is -0.481 e. The number of nitrogens with zero attached hydrogens (tertiary/aromatic N) is 10. The standard InChI is InChI=1S/C37H35ClN8O6S.C19H17ClN4O2S.C19H21N3O5/c1-18-19(2)53-37-30(18)32(21-10-12-22(38)13-11-21)41-25(33-44-43-20(3)45(33)37)17-29(49)39-16-5-4-9-27(47)40-24-8-6-7-23-31(24)36(52)46(35(23)51)26-14-15-28(48)42-34(26)50;1-9-10(2)27-19-16(9)17(12-4-6-13(20)7-5-12)21-14(8-15(25)26)18-23-22-11(3)24(18)19;1-2-3-4-8-14(23)20-12-7-5-6-11-16(12)19(27)22(18(11)26)13-9-10-15(24)21-17(13)25/h6-8,10-13,25-26H,4-5,9,14-17H2,1-3H3,(H,39,49)(H,40,47)(H,42,48,50);4-7,14H,8H2,1-3H3,(H,25,26);5-7,13H,2-4,8-10H2,1H3,(H,20,23)(H,21,24,25)/t25-,26?;14-;/m00./s1. The van der Waals surface area contributed by atoms with Crippen LogP contribution in [0.15, 0.2) is 94.9 Å². The molecule has 6 aliphatic heterocycles. The van der Waals surface area contributed by atoms with Crippen LogP contribution in [0.4, 0.5) is 11.4 Å². The molecule has 107 heavy (non-hydrogen) atoms. The number of carboxylic acids is 1. The first-order valence-corrected chi connectivity index (χ1v) is 37.1. The molecule has 2 unspecified atom stereocenters. The fourth-order valence-electron chi connectivity index (χ4n) is 13.5. The summed E-state index contributed by atoms with van der Waals surface area (Å²) in [6.45, 7) is 14.4. The summed E-state index contributed by atoms with van der Waals surface area (Å²) in [6, 6.07) is 20.7. The van der Waals surface area contributed by atoms with Crippen LogP contribution >= 0.6 is 45.9 Å². The van der Waals surface area contributed by atoms with E-state index in [1.54, 1.807) is 40.9 Å². The number of carbonyl (C=O) groups excluding carboxylic acids is 11. The Morgan fingerprint density at radius 3 is 1.36 bits per heavy atom. The number of piperidine rings is 2. The summed E-state index contributed by atoms with van der Waals surface area (Å²) < 4.78 is 3.93. The highest BCUT2D eigenvalue weighted by atomic mass is 35.5. The van der Waals surface area contributed by atoms with Gasteiger partial charge in [0.05, 0.1) is 57.9 Å². The van der Waals surface area contributed by atoms with E-state index in [2.05, 4.69) is 74.7 Å². The summed E-state index contributed by atoms with van der Waals surface area (Å²) in [4.78, 5) is 163. The number of anilines is 2. The van der Waals surface area contributed by atoms with Gasteiger partial charge in [0.15, 0.2) is 11.6 Å². The Kier molecular flexibility index (Phi) is 22.6. The van der Waals surface area contributed by atoms with Gasteiger partial charge in [-0.05, 0) is 133 Å². The lowest BCUT2D eigenvalue weighted by Gasteiger charge is -2.27. The van der Waals surface area contributed by atoms with Crippen LogP contribution in [0, 0.1) is 41.5 Å². The molecule has 2 fully saturated rings. The Bertz CT molecular complexity index is 5090. The van der Waals surface area contributed by atoms with Gasteiger partial charge in [-0.1, -0.05) is 79.4 Å². The second kappa shape index (κ2) is 31.9. The van der Waals surface area contributed by atoms with Crippen molar-refractivity contribution in [3.05, 3.63) is 184 Å². The number of hydrogen-bond acceptors (Lipinski definition) is 20. The van der Waals surface area contributed by atoms with Crippen LogP contribution in [-0.2, 0) is 38.4 Å². The predicted octanol–water partition coefficient (Wildman–Crippen LogP) is 10.4. The number of fused-ring (bicyclic) bond motifs is 8. The van der Waals surface area contributed by atoms with Crippen LogP contribution in [0.2, 0.25) is 10.0 Å². The van der Waals surface area contributed by atoms with Gasteiger partial charge in [-0.25, -0.2) is 0 Å². The monoisotopic (exact) mass is 1530 g/mol. The second-order valence-electron chi connectivity index (χ2n) is 26.3. The van der Waals surface area contributed by atoms with Crippen molar-refractivity contribution in [3.63, 3.8) is 0 Å². The van der Waals surface area contributed by atoms with Crippen LogP contribution in [-0.4, -0.2) is 145 Å². The van der Waals surface area contributed by atoms with E-state index in [1.807, 2.05) is 78.4 Å². The average Bonchev–Trinajstić information content (AvgIpc) is 1.52. The number of aryl methyl sites for hydroxylation is 4. The fourth-order valence-corrected chi connectivity index (χ4v) is 16.2. The van der Waals surface area contributed by atoms with E-state index in [9.17, 15) is 62.6 Å². The SMILES string of the molecule is CCCCCC(=O)Nc1cccc2c1C(=O)N(C1CCC(=O)NC1=O)C2=O.Cc1sc2c(c1C)C(c1ccc(Cl)cc1)=N[C@@H](CC(=O)NCCCCC(=O)Nc1cccc3c1C(=O)N(C1CCC(=O)NC1=O)C3=O)c1nnc(C)n1-2.Cc1sc2c(c1C)C(c1ccc(Cl)cc1)=N[C@@H](CC(=O)O)c1nnc(C)n1-2. The summed E-state index contributed by atoms with van der Waals surface area (Å²) >= 11 is 15.5. The maximum Gasteiger partial charge on any atom is 0.306 e. The van der Waals surface area contributed by atoms with Crippen molar-refractivity contribution >= 4 is 140 Å². The number of carboxylic acid groups (broad SMARTS) is 1. The van der Waals surface area contributed by atoms with Crippen LogP contribution in [0.5, 0.6) is 0 Å². The van der Waals surface area contributed by atoms with Crippen molar-refractivity contribution in [3.8, 4) is 10.0 Å². The Morgan fingerprint density at radius 1 is 0.523 bits per heavy atom. The van der Waals surface area contributed by atoms with Gasteiger partial charge < -0.3 is 21.1 Å². The van der Waals surface area contributed by atoms with E-state index in [1.165, 1.54) is 23.1 Å². The number of benzene rings is 4.